The number of benzene rings is 1. The van der Waals surface area contributed by atoms with Crippen LogP contribution in [0.3, 0.4) is 0 Å². The monoisotopic (exact) mass is 278 g/mol. The number of hydrogen-bond acceptors (Lipinski definition) is 6. The largest absolute Gasteiger partial charge is 0.414 e. The molecule has 1 aromatic carbocycles. The molecule has 100 valence electrons. The van der Waals surface area contributed by atoms with Crippen LogP contribution in [0.5, 0.6) is 0 Å². The first-order chi connectivity index (χ1) is 9.15. The highest BCUT2D eigenvalue weighted by Crippen LogP contribution is 2.21. The summed E-state index contributed by atoms with van der Waals surface area (Å²) in [5, 5.41) is 10.8. The van der Waals surface area contributed by atoms with Crippen LogP contribution in [0.15, 0.2) is 40.0 Å². The summed E-state index contributed by atoms with van der Waals surface area (Å²) in [4.78, 5) is 10.9. The normalized spacial score (nSPS) is 12.1. The van der Waals surface area contributed by atoms with Gasteiger partial charge < -0.3 is 15.5 Å². The number of nitrogens with two attached hydrogens (primary N) is 1. The molecule has 0 spiro atoms. The lowest BCUT2D eigenvalue weighted by Crippen LogP contribution is -2.22. The fourth-order valence-electron chi connectivity index (χ4n) is 1.30. The van der Waals surface area contributed by atoms with E-state index < -0.39 is 11.2 Å². The third-order valence-corrected chi connectivity index (χ3v) is 3.30. The van der Waals surface area contributed by atoms with Crippen molar-refractivity contribution in [1.29, 1.82) is 0 Å². The molecule has 2 aromatic rings. The standard InChI is InChI=1S/C12H14N4O2S/c1-8(11(13)17)19-12-16-15-10(18-12)7-14-9-5-3-2-4-6-9/h2-6,8,14H,7H2,1H3,(H2,13,17). The number of carbonyl (C=O) groups is 1. The van der Waals surface area contributed by atoms with Gasteiger partial charge in [-0.3, -0.25) is 4.79 Å². The zero-order valence-electron chi connectivity index (χ0n) is 10.4. The third-order valence-electron chi connectivity index (χ3n) is 2.34. The molecule has 1 aromatic heterocycles. The van der Waals surface area contributed by atoms with Crippen molar-refractivity contribution in [2.24, 2.45) is 5.73 Å². The van der Waals surface area contributed by atoms with Gasteiger partial charge >= 0.3 is 0 Å². The van der Waals surface area contributed by atoms with Gasteiger partial charge in [-0.1, -0.05) is 30.0 Å². The van der Waals surface area contributed by atoms with E-state index in [-0.39, 0.29) is 0 Å². The summed E-state index contributed by atoms with van der Waals surface area (Å²) in [6, 6.07) is 9.71. The number of primary amides is 1. The highest BCUT2D eigenvalue weighted by molar-refractivity contribution is 8.00. The predicted octanol–water partition coefficient (Wildman–Crippen LogP) is 1.65. The van der Waals surface area contributed by atoms with E-state index in [1.165, 1.54) is 0 Å². The van der Waals surface area contributed by atoms with Crippen molar-refractivity contribution in [3.63, 3.8) is 0 Å². The summed E-state index contributed by atoms with van der Waals surface area (Å²) < 4.78 is 5.40. The molecule has 1 heterocycles. The molecule has 6 nitrogen and oxygen atoms in total. The van der Waals surface area contributed by atoms with Gasteiger partial charge in [0.15, 0.2) is 0 Å². The SMILES string of the molecule is CC(Sc1nnc(CNc2ccccc2)o1)C(N)=O. The number of anilines is 1. The average Bonchev–Trinajstić information content (AvgIpc) is 2.85. The molecule has 2 rings (SSSR count). The van der Waals surface area contributed by atoms with Crippen LogP contribution in [-0.2, 0) is 11.3 Å². The van der Waals surface area contributed by atoms with Gasteiger partial charge in [-0.25, -0.2) is 0 Å². The molecule has 7 heteroatoms. The Morgan fingerprint density at radius 2 is 2.16 bits per heavy atom. The first-order valence-corrected chi connectivity index (χ1v) is 6.60. The first kappa shape index (κ1) is 13.4. The van der Waals surface area contributed by atoms with Crippen molar-refractivity contribution in [1.82, 2.24) is 10.2 Å². The van der Waals surface area contributed by atoms with Gasteiger partial charge in [0.25, 0.3) is 5.22 Å². The molecule has 3 N–H and O–H groups in total. The van der Waals surface area contributed by atoms with Crippen molar-refractivity contribution in [3.8, 4) is 0 Å². The number of nitrogens with one attached hydrogen (secondary N) is 1. The highest BCUT2D eigenvalue weighted by atomic mass is 32.2. The lowest BCUT2D eigenvalue weighted by molar-refractivity contribution is -0.117. The third kappa shape index (κ3) is 3.99. The molecule has 0 aliphatic rings. The van der Waals surface area contributed by atoms with E-state index in [9.17, 15) is 4.79 Å². The molecule has 1 amide bonds. The molecule has 0 radical (unpaired) electrons. The Labute approximate surface area is 114 Å². The van der Waals surface area contributed by atoms with Crippen LogP contribution in [0, 0.1) is 0 Å². The zero-order valence-corrected chi connectivity index (χ0v) is 11.2. The van der Waals surface area contributed by atoms with Crippen LogP contribution in [0.1, 0.15) is 12.8 Å². The number of hydrogen-bond donors (Lipinski definition) is 2. The van der Waals surface area contributed by atoms with Crippen molar-refractivity contribution in [2.75, 3.05) is 5.32 Å². The van der Waals surface area contributed by atoms with Crippen LogP contribution >= 0.6 is 11.8 Å². The van der Waals surface area contributed by atoms with E-state index in [1.807, 2.05) is 30.3 Å². The number of rotatable bonds is 6. The van der Waals surface area contributed by atoms with Crippen LogP contribution in [0.25, 0.3) is 0 Å². The topological polar surface area (TPSA) is 94.0 Å². The Morgan fingerprint density at radius 3 is 2.84 bits per heavy atom. The number of amides is 1. The van der Waals surface area contributed by atoms with Crippen LogP contribution in [0.4, 0.5) is 5.69 Å². The van der Waals surface area contributed by atoms with Crippen molar-refractivity contribution < 1.29 is 9.21 Å². The molecule has 0 bridgehead atoms. The second-order valence-corrected chi connectivity index (χ2v) is 5.14. The van der Waals surface area contributed by atoms with Gasteiger partial charge in [-0.05, 0) is 19.1 Å². The van der Waals surface area contributed by atoms with E-state index in [4.69, 9.17) is 10.2 Å². The maximum Gasteiger partial charge on any atom is 0.277 e. The Bertz CT molecular complexity index is 544. The molecule has 0 aliphatic carbocycles. The highest BCUT2D eigenvalue weighted by Gasteiger charge is 2.15. The maximum absolute atomic E-state index is 10.9. The molecule has 1 atom stereocenters. The lowest BCUT2D eigenvalue weighted by Gasteiger charge is -2.02. The average molecular weight is 278 g/mol. The van der Waals surface area contributed by atoms with Gasteiger partial charge in [-0.15, -0.1) is 10.2 Å². The smallest absolute Gasteiger partial charge is 0.277 e. The minimum Gasteiger partial charge on any atom is -0.414 e. The molecule has 1 unspecified atom stereocenters. The van der Waals surface area contributed by atoms with E-state index in [0.29, 0.717) is 17.7 Å². The number of thioether (sulfide) groups is 1. The molecule has 19 heavy (non-hydrogen) atoms. The van der Waals surface area contributed by atoms with E-state index >= 15 is 0 Å². The lowest BCUT2D eigenvalue weighted by atomic mass is 10.3. The van der Waals surface area contributed by atoms with Gasteiger partial charge in [0.2, 0.25) is 11.8 Å². The summed E-state index contributed by atoms with van der Waals surface area (Å²) in [7, 11) is 0. The number of para-hydroxylation sites is 1. The summed E-state index contributed by atoms with van der Waals surface area (Å²) in [6.07, 6.45) is 0. The summed E-state index contributed by atoms with van der Waals surface area (Å²) in [6.45, 7) is 2.13. The molecular formula is C12H14N4O2S. The fraction of sp³-hybridized carbons (Fsp3) is 0.250. The molecule has 0 saturated carbocycles. The van der Waals surface area contributed by atoms with Gasteiger partial charge in [0.05, 0.1) is 11.8 Å². The van der Waals surface area contributed by atoms with Gasteiger partial charge in [0.1, 0.15) is 0 Å². The molecular weight excluding hydrogens is 264 g/mol. The minimum absolute atomic E-state index is 0.344. The van der Waals surface area contributed by atoms with Crippen LogP contribution in [-0.4, -0.2) is 21.4 Å². The zero-order chi connectivity index (χ0) is 13.7. The van der Waals surface area contributed by atoms with E-state index in [2.05, 4.69) is 15.5 Å². The number of aromatic nitrogens is 2. The van der Waals surface area contributed by atoms with Crippen LogP contribution in [0.2, 0.25) is 0 Å². The van der Waals surface area contributed by atoms with Crippen LogP contribution < -0.4 is 11.1 Å². The molecule has 0 fully saturated rings. The van der Waals surface area contributed by atoms with Gasteiger partial charge in [0, 0.05) is 5.69 Å². The van der Waals surface area contributed by atoms with E-state index in [1.54, 1.807) is 6.92 Å². The van der Waals surface area contributed by atoms with Crippen molar-refractivity contribution >= 4 is 23.4 Å². The first-order valence-electron chi connectivity index (χ1n) is 5.72. The summed E-state index contributed by atoms with van der Waals surface area (Å²) >= 11 is 1.15. The second kappa shape index (κ2) is 6.24. The fourth-order valence-corrected chi connectivity index (χ4v) is 1.95. The number of nitrogens with zero attached hydrogens (tertiary/aromatic N) is 2. The Kier molecular flexibility index (Phi) is 4.40. The van der Waals surface area contributed by atoms with Gasteiger partial charge in [-0.2, -0.15) is 0 Å². The maximum atomic E-state index is 10.9. The second-order valence-electron chi connectivity index (χ2n) is 3.84. The predicted molar refractivity (Wildman–Crippen MR) is 72.6 cm³/mol. The van der Waals surface area contributed by atoms with E-state index in [0.717, 1.165) is 17.4 Å². The minimum atomic E-state index is -0.410. The molecule has 0 saturated heterocycles. The Hall–Kier alpha value is -2.02. The quantitative estimate of drug-likeness (QED) is 0.780. The summed E-state index contributed by atoms with van der Waals surface area (Å²) in [5.74, 6) is 0.0511. The van der Waals surface area contributed by atoms with Crippen molar-refractivity contribution in [2.45, 2.75) is 23.9 Å². The number of carbonyl (C=O) groups excluding carboxylic acids is 1. The Balaban J connectivity index is 1.89. The van der Waals surface area contributed by atoms with Crippen molar-refractivity contribution in [3.05, 3.63) is 36.2 Å². The Morgan fingerprint density at radius 1 is 1.42 bits per heavy atom. The molecule has 0 aliphatic heterocycles. The summed E-state index contributed by atoms with van der Waals surface area (Å²) in [5.41, 5.74) is 6.14.